The maximum absolute atomic E-state index is 12.3. The van der Waals surface area contributed by atoms with Gasteiger partial charge >= 0.3 is 5.97 Å². The third-order valence-corrected chi connectivity index (χ3v) is 4.20. The first-order valence-electron chi connectivity index (χ1n) is 7.47. The number of nitrogens with one attached hydrogen (secondary N) is 2. The summed E-state index contributed by atoms with van der Waals surface area (Å²) in [4.78, 5) is 35.4. The number of rotatable bonds is 11. The number of aliphatic hydroxyl groups excluding tert-OH is 1. The Kier molecular flexibility index (Phi) is 10.6. The third kappa shape index (κ3) is 7.67. The number of aliphatic hydroxyl groups is 1. The van der Waals surface area contributed by atoms with E-state index in [1.165, 1.54) is 11.8 Å². The number of carbonyl (C=O) groups is 3. The van der Waals surface area contributed by atoms with Crippen molar-refractivity contribution < 1.29 is 24.6 Å². The smallest absolute Gasteiger partial charge is 0.326 e. The Labute approximate surface area is 140 Å². The van der Waals surface area contributed by atoms with Crippen LogP contribution in [0.3, 0.4) is 0 Å². The first kappa shape index (κ1) is 21.7. The number of carboxylic acids is 1. The molecule has 0 radical (unpaired) electrons. The normalized spacial score (nSPS) is 16.0. The van der Waals surface area contributed by atoms with Crippen molar-refractivity contribution >= 4 is 29.5 Å². The number of hydrogen-bond acceptors (Lipinski definition) is 6. The molecule has 0 fully saturated rings. The Morgan fingerprint density at radius 3 is 2.26 bits per heavy atom. The summed E-state index contributed by atoms with van der Waals surface area (Å²) in [5.41, 5.74) is 5.42. The zero-order chi connectivity index (χ0) is 18.0. The summed E-state index contributed by atoms with van der Waals surface area (Å²) in [7, 11) is 0. The molecule has 23 heavy (non-hydrogen) atoms. The molecular weight excluding hydrogens is 322 g/mol. The number of hydrogen-bond donors (Lipinski definition) is 5. The molecule has 0 aromatic carbocycles. The molecule has 134 valence electrons. The highest BCUT2D eigenvalue weighted by molar-refractivity contribution is 7.98. The molecule has 0 rings (SSSR count). The molecule has 2 amide bonds. The van der Waals surface area contributed by atoms with E-state index in [0.29, 0.717) is 18.6 Å². The summed E-state index contributed by atoms with van der Waals surface area (Å²) >= 11 is 1.50. The number of carboxylic acid groups (broad SMARTS) is 1. The minimum Gasteiger partial charge on any atom is -0.480 e. The predicted molar refractivity (Wildman–Crippen MR) is 89.0 cm³/mol. The van der Waals surface area contributed by atoms with Gasteiger partial charge in [0, 0.05) is 0 Å². The number of carbonyl (C=O) groups excluding carboxylic acids is 2. The average molecular weight is 349 g/mol. The second-order valence-electron chi connectivity index (χ2n) is 5.34. The van der Waals surface area contributed by atoms with Gasteiger partial charge in [0.2, 0.25) is 11.8 Å². The highest BCUT2D eigenvalue weighted by Gasteiger charge is 2.30. The molecule has 6 N–H and O–H groups in total. The van der Waals surface area contributed by atoms with Gasteiger partial charge in [0.05, 0.1) is 6.61 Å². The Bertz CT molecular complexity index is 408. The lowest BCUT2D eigenvalue weighted by Crippen LogP contribution is -2.56. The van der Waals surface area contributed by atoms with Crippen molar-refractivity contribution in [3.63, 3.8) is 0 Å². The molecule has 0 aromatic heterocycles. The van der Waals surface area contributed by atoms with Crippen molar-refractivity contribution in [3.8, 4) is 0 Å². The van der Waals surface area contributed by atoms with Crippen LogP contribution in [0, 0.1) is 5.92 Å². The number of aliphatic carboxylic acids is 1. The molecule has 0 aliphatic carbocycles. The Morgan fingerprint density at radius 1 is 1.22 bits per heavy atom. The predicted octanol–water partition coefficient (Wildman–Crippen LogP) is -0.841. The van der Waals surface area contributed by atoms with Gasteiger partial charge in [-0.05, 0) is 24.3 Å². The van der Waals surface area contributed by atoms with Gasteiger partial charge in [-0.15, -0.1) is 0 Å². The van der Waals surface area contributed by atoms with Gasteiger partial charge < -0.3 is 26.6 Å². The molecule has 0 bridgehead atoms. The van der Waals surface area contributed by atoms with Crippen LogP contribution in [0.5, 0.6) is 0 Å². The molecule has 0 saturated heterocycles. The lowest BCUT2D eigenvalue weighted by atomic mass is 9.98. The molecule has 0 aliphatic rings. The lowest BCUT2D eigenvalue weighted by Gasteiger charge is -2.25. The minimum atomic E-state index is -1.12. The van der Waals surface area contributed by atoms with Gasteiger partial charge in [0.1, 0.15) is 18.1 Å². The maximum Gasteiger partial charge on any atom is 0.326 e. The summed E-state index contributed by atoms with van der Waals surface area (Å²) in [6.07, 6.45) is 2.79. The van der Waals surface area contributed by atoms with Crippen molar-refractivity contribution in [1.82, 2.24) is 10.6 Å². The molecule has 8 nitrogen and oxygen atoms in total. The van der Waals surface area contributed by atoms with E-state index in [2.05, 4.69) is 10.6 Å². The summed E-state index contributed by atoms with van der Waals surface area (Å²) in [6.45, 7) is 3.03. The van der Waals surface area contributed by atoms with Crippen LogP contribution in [0.25, 0.3) is 0 Å². The second kappa shape index (κ2) is 11.3. The Morgan fingerprint density at radius 2 is 1.83 bits per heavy atom. The number of amides is 2. The van der Waals surface area contributed by atoms with Crippen LogP contribution in [0.15, 0.2) is 0 Å². The summed E-state index contributed by atoms with van der Waals surface area (Å²) in [5.74, 6) is -1.97. The van der Waals surface area contributed by atoms with E-state index in [4.69, 9.17) is 10.8 Å². The molecule has 9 heteroatoms. The fourth-order valence-electron chi connectivity index (χ4n) is 1.80. The van der Waals surface area contributed by atoms with E-state index in [-0.39, 0.29) is 5.92 Å². The lowest BCUT2D eigenvalue weighted by molar-refractivity contribution is -0.143. The van der Waals surface area contributed by atoms with Crippen LogP contribution < -0.4 is 16.4 Å². The summed E-state index contributed by atoms with van der Waals surface area (Å²) in [6, 6.07) is -3.03. The summed E-state index contributed by atoms with van der Waals surface area (Å²) < 4.78 is 0. The number of thioether (sulfide) groups is 1. The molecule has 0 saturated carbocycles. The molecule has 0 aromatic rings. The van der Waals surface area contributed by atoms with Gasteiger partial charge in [-0.25, -0.2) is 4.79 Å². The Hall–Kier alpha value is -1.32. The monoisotopic (exact) mass is 349 g/mol. The van der Waals surface area contributed by atoms with Crippen molar-refractivity contribution in [2.45, 2.75) is 44.8 Å². The van der Waals surface area contributed by atoms with E-state index in [0.717, 1.165) is 0 Å². The van der Waals surface area contributed by atoms with Crippen LogP contribution in [0.4, 0.5) is 0 Å². The van der Waals surface area contributed by atoms with Crippen molar-refractivity contribution in [3.05, 3.63) is 0 Å². The van der Waals surface area contributed by atoms with Crippen LogP contribution in [-0.4, -0.2) is 64.7 Å². The Balaban J connectivity index is 4.97. The van der Waals surface area contributed by atoms with E-state index >= 15 is 0 Å². The van der Waals surface area contributed by atoms with E-state index < -0.39 is 42.5 Å². The quantitative estimate of drug-likeness (QED) is 0.327. The third-order valence-electron chi connectivity index (χ3n) is 3.55. The standard InChI is InChI=1S/C14H27N3O5S/c1-4-8(2)11(14(21)22)17-13(20)10(5-6-23-3)16-12(19)9(15)7-18/h8-11,18H,4-7,15H2,1-3H3,(H,16,19)(H,17,20)(H,21,22). The van der Waals surface area contributed by atoms with Gasteiger partial charge in [-0.1, -0.05) is 20.3 Å². The fraction of sp³-hybridized carbons (Fsp3) is 0.786. The fourth-order valence-corrected chi connectivity index (χ4v) is 2.27. The maximum atomic E-state index is 12.3. The first-order valence-corrected chi connectivity index (χ1v) is 8.86. The molecule has 4 atom stereocenters. The molecular formula is C14H27N3O5S. The summed E-state index contributed by atoms with van der Waals surface area (Å²) in [5, 5.41) is 23.1. The highest BCUT2D eigenvalue weighted by Crippen LogP contribution is 2.09. The van der Waals surface area contributed by atoms with Gasteiger partial charge in [0.15, 0.2) is 0 Å². The van der Waals surface area contributed by atoms with Crippen molar-refractivity contribution in [2.24, 2.45) is 11.7 Å². The van der Waals surface area contributed by atoms with Gasteiger partial charge in [0.25, 0.3) is 0 Å². The van der Waals surface area contributed by atoms with Crippen LogP contribution in [-0.2, 0) is 14.4 Å². The van der Waals surface area contributed by atoms with Crippen LogP contribution in [0.2, 0.25) is 0 Å². The highest BCUT2D eigenvalue weighted by atomic mass is 32.2. The van der Waals surface area contributed by atoms with E-state index in [1.54, 1.807) is 6.92 Å². The minimum absolute atomic E-state index is 0.243. The SMILES string of the molecule is CCC(C)C(NC(=O)C(CCSC)NC(=O)C(N)CO)C(=O)O. The molecule has 4 unspecified atom stereocenters. The topological polar surface area (TPSA) is 142 Å². The average Bonchev–Trinajstić information content (AvgIpc) is 2.53. The molecule has 0 heterocycles. The first-order chi connectivity index (χ1) is 10.8. The van der Waals surface area contributed by atoms with E-state index in [1.807, 2.05) is 13.2 Å². The van der Waals surface area contributed by atoms with Crippen LogP contribution >= 0.6 is 11.8 Å². The largest absolute Gasteiger partial charge is 0.480 e. The molecule has 0 spiro atoms. The van der Waals surface area contributed by atoms with Gasteiger partial charge in [-0.3, -0.25) is 9.59 Å². The zero-order valence-electron chi connectivity index (χ0n) is 13.7. The van der Waals surface area contributed by atoms with Gasteiger partial charge in [-0.2, -0.15) is 11.8 Å². The molecule has 0 aliphatic heterocycles. The van der Waals surface area contributed by atoms with Crippen LogP contribution in [0.1, 0.15) is 26.7 Å². The number of nitrogens with two attached hydrogens (primary N) is 1. The van der Waals surface area contributed by atoms with Crippen molar-refractivity contribution in [1.29, 1.82) is 0 Å². The van der Waals surface area contributed by atoms with E-state index in [9.17, 15) is 19.5 Å². The zero-order valence-corrected chi connectivity index (χ0v) is 14.6. The van der Waals surface area contributed by atoms with Crippen molar-refractivity contribution in [2.75, 3.05) is 18.6 Å². The second-order valence-corrected chi connectivity index (χ2v) is 6.33.